The molecule has 0 radical (unpaired) electrons. The summed E-state index contributed by atoms with van der Waals surface area (Å²) in [6, 6.07) is 27.3. The van der Waals surface area contributed by atoms with Gasteiger partial charge >= 0.3 is 0 Å². The highest BCUT2D eigenvalue weighted by molar-refractivity contribution is 6.13. The molecule has 188 valence electrons. The Bertz CT molecular complexity index is 1960. The largest absolute Gasteiger partial charge is 0.436 e. The Morgan fingerprint density at radius 2 is 1.18 bits per heavy atom. The standard InChI is InChI=1S/C32H18N6O2/c1-17-3-7-19(8-4-17)24-11-21-12-25-29(39-31(37-25)22(13-33)14-34)26(20-9-5-18(2)6-10-20)27(21)30-28(24)38-32(40-30)23(15-35)16-36/h3-12,37-38H,1-2H3. The van der Waals surface area contributed by atoms with Gasteiger partial charge in [0.25, 0.3) is 0 Å². The molecule has 8 heteroatoms. The van der Waals surface area contributed by atoms with Crippen LogP contribution in [0.4, 0.5) is 11.4 Å². The predicted octanol–water partition coefficient (Wildman–Crippen LogP) is 6.92. The van der Waals surface area contributed by atoms with Crippen molar-refractivity contribution in [3.63, 3.8) is 0 Å². The van der Waals surface area contributed by atoms with Crippen molar-refractivity contribution in [2.75, 3.05) is 10.6 Å². The third-order valence-electron chi connectivity index (χ3n) is 6.83. The van der Waals surface area contributed by atoms with Gasteiger partial charge in [-0.1, -0.05) is 59.7 Å². The molecule has 0 spiro atoms. The van der Waals surface area contributed by atoms with Crippen LogP contribution in [0.5, 0.6) is 11.5 Å². The summed E-state index contributed by atoms with van der Waals surface area (Å²) in [6.07, 6.45) is 0. The maximum Gasteiger partial charge on any atom is 0.226 e. The van der Waals surface area contributed by atoms with Gasteiger partial charge in [-0.25, -0.2) is 0 Å². The third-order valence-corrected chi connectivity index (χ3v) is 6.83. The first kappa shape index (κ1) is 24.1. The molecule has 40 heavy (non-hydrogen) atoms. The maximum absolute atomic E-state index is 9.57. The minimum Gasteiger partial charge on any atom is -0.436 e. The van der Waals surface area contributed by atoms with Crippen molar-refractivity contribution in [2.24, 2.45) is 0 Å². The fourth-order valence-electron chi connectivity index (χ4n) is 4.87. The molecule has 0 fully saturated rings. The number of allylic oxidation sites excluding steroid dienone is 2. The van der Waals surface area contributed by atoms with E-state index in [-0.39, 0.29) is 22.9 Å². The van der Waals surface area contributed by atoms with Gasteiger partial charge in [0.15, 0.2) is 22.6 Å². The van der Waals surface area contributed by atoms with Crippen LogP contribution in [0.3, 0.4) is 0 Å². The molecule has 4 aromatic rings. The highest BCUT2D eigenvalue weighted by Gasteiger charge is 2.33. The Balaban J connectivity index is 1.73. The number of anilines is 2. The van der Waals surface area contributed by atoms with Gasteiger partial charge < -0.3 is 20.1 Å². The van der Waals surface area contributed by atoms with Crippen LogP contribution in [0.2, 0.25) is 0 Å². The van der Waals surface area contributed by atoms with Crippen LogP contribution in [0.1, 0.15) is 11.1 Å². The van der Waals surface area contributed by atoms with E-state index in [9.17, 15) is 21.0 Å². The summed E-state index contributed by atoms with van der Waals surface area (Å²) in [5, 5.41) is 45.8. The smallest absolute Gasteiger partial charge is 0.226 e. The first-order chi connectivity index (χ1) is 19.4. The van der Waals surface area contributed by atoms with E-state index >= 15 is 0 Å². The lowest BCUT2D eigenvalue weighted by Gasteiger charge is -2.16. The van der Waals surface area contributed by atoms with Crippen molar-refractivity contribution in [1.82, 2.24) is 0 Å². The molecule has 0 unspecified atom stereocenters. The summed E-state index contributed by atoms with van der Waals surface area (Å²) >= 11 is 0. The number of nitrogens with zero attached hydrogens (tertiary/aromatic N) is 4. The topological polar surface area (TPSA) is 138 Å². The van der Waals surface area contributed by atoms with Crippen LogP contribution in [-0.4, -0.2) is 0 Å². The summed E-state index contributed by atoms with van der Waals surface area (Å²) in [4.78, 5) is 0. The summed E-state index contributed by atoms with van der Waals surface area (Å²) in [5.41, 5.74) is 6.22. The molecule has 2 N–H and O–H groups in total. The zero-order chi connectivity index (χ0) is 28.0. The monoisotopic (exact) mass is 518 g/mol. The lowest BCUT2D eigenvalue weighted by Crippen LogP contribution is -2.01. The van der Waals surface area contributed by atoms with E-state index in [0.29, 0.717) is 33.8 Å². The molecule has 4 aromatic carbocycles. The molecule has 2 aliphatic rings. The fraction of sp³-hybridized carbons (Fsp3) is 0.0625. The van der Waals surface area contributed by atoms with Crippen molar-refractivity contribution in [3.8, 4) is 58.0 Å². The first-order valence-electron chi connectivity index (χ1n) is 12.3. The normalized spacial score (nSPS) is 12.3. The van der Waals surface area contributed by atoms with E-state index in [1.165, 1.54) is 0 Å². The molecule has 0 saturated heterocycles. The molecule has 0 amide bonds. The predicted molar refractivity (Wildman–Crippen MR) is 149 cm³/mol. The number of fused-ring (bicyclic) bond motifs is 4. The third kappa shape index (κ3) is 3.74. The second-order valence-corrected chi connectivity index (χ2v) is 9.40. The number of nitrogens with one attached hydrogen (secondary N) is 2. The number of benzene rings is 4. The summed E-state index contributed by atoms with van der Waals surface area (Å²) < 4.78 is 12.4. The van der Waals surface area contributed by atoms with Crippen molar-refractivity contribution < 1.29 is 9.47 Å². The Hall–Kier alpha value is -6.22. The zero-order valence-corrected chi connectivity index (χ0v) is 21.4. The number of hydrogen-bond acceptors (Lipinski definition) is 8. The Morgan fingerprint density at radius 3 is 1.75 bits per heavy atom. The van der Waals surface area contributed by atoms with E-state index in [1.807, 2.05) is 98.8 Å². The van der Waals surface area contributed by atoms with Gasteiger partial charge in [0.1, 0.15) is 24.3 Å². The van der Waals surface area contributed by atoms with Crippen LogP contribution < -0.4 is 20.1 Å². The van der Waals surface area contributed by atoms with Gasteiger partial charge in [-0.05, 0) is 42.5 Å². The molecule has 0 saturated carbocycles. The van der Waals surface area contributed by atoms with Crippen LogP contribution in [-0.2, 0) is 0 Å². The van der Waals surface area contributed by atoms with Gasteiger partial charge in [0, 0.05) is 16.5 Å². The first-order valence-corrected chi connectivity index (χ1v) is 12.3. The number of hydrogen-bond donors (Lipinski definition) is 2. The summed E-state index contributed by atoms with van der Waals surface area (Å²) in [6.45, 7) is 4.00. The van der Waals surface area contributed by atoms with Crippen molar-refractivity contribution >= 4 is 22.1 Å². The Morgan fingerprint density at radius 1 is 0.650 bits per heavy atom. The lowest BCUT2D eigenvalue weighted by molar-refractivity contribution is 0.453. The van der Waals surface area contributed by atoms with Crippen LogP contribution in [0.25, 0.3) is 33.0 Å². The van der Waals surface area contributed by atoms with E-state index in [1.54, 1.807) is 0 Å². The fourth-order valence-corrected chi connectivity index (χ4v) is 4.87. The second kappa shape index (κ2) is 9.26. The van der Waals surface area contributed by atoms with E-state index < -0.39 is 0 Å². The second-order valence-electron chi connectivity index (χ2n) is 9.40. The molecular formula is C32H18N6O2. The molecule has 0 bridgehead atoms. The molecule has 2 heterocycles. The molecule has 0 aliphatic carbocycles. The lowest BCUT2D eigenvalue weighted by atomic mass is 9.91. The molecule has 0 aromatic heterocycles. The van der Waals surface area contributed by atoms with Crippen molar-refractivity contribution in [1.29, 1.82) is 21.0 Å². The van der Waals surface area contributed by atoms with Crippen LogP contribution in [0, 0.1) is 59.2 Å². The van der Waals surface area contributed by atoms with Gasteiger partial charge in [0.05, 0.1) is 11.4 Å². The number of rotatable bonds is 2. The molecule has 2 aliphatic heterocycles. The quantitative estimate of drug-likeness (QED) is 0.273. The molecule has 8 nitrogen and oxygen atoms in total. The zero-order valence-electron chi connectivity index (χ0n) is 21.4. The van der Waals surface area contributed by atoms with Crippen LogP contribution >= 0.6 is 0 Å². The van der Waals surface area contributed by atoms with Crippen molar-refractivity contribution in [2.45, 2.75) is 13.8 Å². The SMILES string of the molecule is Cc1ccc(-c2cc3cc4c(c(-c5ccc(C)cc5)c3c3c2NC(=C(C#N)C#N)O3)OC(=C(C#N)C#N)N4)cc1. The van der Waals surface area contributed by atoms with E-state index in [2.05, 4.69) is 10.6 Å². The number of aryl methyl sites for hydroxylation is 2. The van der Waals surface area contributed by atoms with Gasteiger partial charge in [-0.2, -0.15) is 21.0 Å². The summed E-state index contributed by atoms with van der Waals surface area (Å²) in [5.74, 6) is 0.967. The van der Waals surface area contributed by atoms with Crippen molar-refractivity contribution in [3.05, 3.63) is 94.7 Å². The minimum absolute atomic E-state index is 0.0482. The summed E-state index contributed by atoms with van der Waals surface area (Å²) in [7, 11) is 0. The van der Waals surface area contributed by atoms with E-state index in [4.69, 9.17) is 9.47 Å². The maximum atomic E-state index is 9.57. The highest BCUT2D eigenvalue weighted by atomic mass is 16.5. The number of ether oxygens (including phenoxy) is 2. The number of nitriles is 4. The molecular weight excluding hydrogens is 500 g/mol. The van der Waals surface area contributed by atoms with Gasteiger partial charge in [0.2, 0.25) is 11.8 Å². The average molecular weight is 519 g/mol. The van der Waals surface area contributed by atoms with Gasteiger partial charge in [-0.15, -0.1) is 0 Å². The Labute approximate surface area is 229 Å². The van der Waals surface area contributed by atoms with E-state index in [0.717, 1.165) is 33.2 Å². The van der Waals surface area contributed by atoms with Gasteiger partial charge in [-0.3, -0.25) is 0 Å². The minimum atomic E-state index is -0.187. The highest BCUT2D eigenvalue weighted by Crippen LogP contribution is 2.55. The molecule has 6 rings (SSSR count). The van der Waals surface area contributed by atoms with Crippen LogP contribution in [0.15, 0.2) is 83.6 Å². The Kier molecular flexibility index (Phi) is 5.59. The molecule has 0 atom stereocenters. The average Bonchev–Trinajstić information content (AvgIpc) is 3.59.